The molecule has 19 heavy (non-hydrogen) atoms. The highest BCUT2D eigenvalue weighted by molar-refractivity contribution is 5.85. The third-order valence-corrected chi connectivity index (χ3v) is 4.40. The maximum atomic E-state index is 12.6. The van der Waals surface area contributed by atoms with E-state index >= 15 is 0 Å². The first kappa shape index (κ1) is 14.4. The van der Waals surface area contributed by atoms with Gasteiger partial charge in [-0.3, -0.25) is 4.79 Å². The summed E-state index contributed by atoms with van der Waals surface area (Å²) in [6.45, 7) is 6.40. The molecule has 2 atom stereocenters. The van der Waals surface area contributed by atoms with Crippen molar-refractivity contribution in [3.8, 4) is 0 Å². The summed E-state index contributed by atoms with van der Waals surface area (Å²) in [6.07, 6.45) is 0.911. The smallest absolute Gasteiger partial charge is 0.317 e. The number of rotatable bonds is 1. The van der Waals surface area contributed by atoms with Crippen LogP contribution in [0.1, 0.15) is 13.3 Å². The predicted molar refractivity (Wildman–Crippen MR) is 73.3 cm³/mol. The van der Waals surface area contributed by atoms with Crippen LogP contribution in [0.25, 0.3) is 0 Å². The van der Waals surface area contributed by atoms with Gasteiger partial charge in [0.25, 0.3) is 0 Å². The molecule has 0 aromatic heterocycles. The minimum Gasteiger partial charge on any atom is -0.338 e. The van der Waals surface area contributed by atoms with Crippen LogP contribution in [-0.2, 0) is 4.79 Å². The zero-order valence-corrected chi connectivity index (χ0v) is 12.0. The number of urea groups is 1. The van der Waals surface area contributed by atoms with Gasteiger partial charge >= 0.3 is 6.03 Å². The largest absolute Gasteiger partial charge is 0.338 e. The molecule has 3 saturated heterocycles. The molecule has 3 aliphatic heterocycles. The number of hydrogen-bond donors (Lipinski definition) is 2. The molecule has 3 rings (SSSR count). The van der Waals surface area contributed by atoms with Crippen LogP contribution >= 0.6 is 12.4 Å². The second-order valence-corrected chi connectivity index (χ2v) is 5.77. The Hall–Kier alpha value is -1.01. The molecule has 108 valence electrons. The molecule has 0 spiro atoms. The highest BCUT2D eigenvalue weighted by Crippen LogP contribution is 2.28. The second kappa shape index (κ2) is 5.17. The van der Waals surface area contributed by atoms with Gasteiger partial charge in [-0.1, -0.05) is 0 Å². The van der Waals surface area contributed by atoms with E-state index < -0.39 is 0 Å². The second-order valence-electron chi connectivity index (χ2n) is 5.77. The van der Waals surface area contributed by atoms with E-state index in [2.05, 4.69) is 10.6 Å². The molecular formula is C12H21ClN4O2. The first-order valence-electron chi connectivity index (χ1n) is 6.65. The Balaban J connectivity index is 0.00000133. The van der Waals surface area contributed by atoms with Crippen LogP contribution in [0, 0.1) is 5.41 Å². The average Bonchev–Trinajstić information content (AvgIpc) is 2.96. The van der Waals surface area contributed by atoms with Crippen LogP contribution in [0.15, 0.2) is 0 Å². The fourth-order valence-corrected chi connectivity index (χ4v) is 3.17. The van der Waals surface area contributed by atoms with E-state index in [0.717, 1.165) is 19.5 Å². The SMILES string of the molecule is CC1(C(=O)N2CCN3C(=O)NCC3C2)CCNC1.Cl. The van der Waals surface area contributed by atoms with Gasteiger partial charge in [0.2, 0.25) is 5.91 Å². The van der Waals surface area contributed by atoms with Crippen LogP contribution in [-0.4, -0.2) is 67.0 Å². The summed E-state index contributed by atoms with van der Waals surface area (Å²) in [5.41, 5.74) is -0.252. The summed E-state index contributed by atoms with van der Waals surface area (Å²) in [6, 6.07) is 0.175. The van der Waals surface area contributed by atoms with E-state index in [4.69, 9.17) is 0 Å². The number of carbonyl (C=O) groups is 2. The van der Waals surface area contributed by atoms with Crippen molar-refractivity contribution in [3.63, 3.8) is 0 Å². The van der Waals surface area contributed by atoms with Crippen LogP contribution in [0.5, 0.6) is 0 Å². The lowest BCUT2D eigenvalue weighted by atomic mass is 9.87. The Bertz CT molecular complexity index is 384. The van der Waals surface area contributed by atoms with Crippen molar-refractivity contribution in [3.05, 3.63) is 0 Å². The summed E-state index contributed by atoms with van der Waals surface area (Å²) >= 11 is 0. The molecule has 2 unspecified atom stereocenters. The van der Waals surface area contributed by atoms with Gasteiger partial charge in [0.1, 0.15) is 0 Å². The minimum atomic E-state index is -0.252. The fourth-order valence-electron chi connectivity index (χ4n) is 3.17. The maximum Gasteiger partial charge on any atom is 0.317 e. The van der Waals surface area contributed by atoms with Crippen molar-refractivity contribution < 1.29 is 9.59 Å². The zero-order valence-electron chi connectivity index (χ0n) is 11.1. The predicted octanol–water partition coefficient (Wildman–Crippen LogP) is -0.356. The summed E-state index contributed by atoms with van der Waals surface area (Å²) in [5.74, 6) is 0.242. The van der Waals surface area contributed by atoms with Gasteiger partial charge in [-0.05, 0) is 19.9 Å². The third kappa shape index (κ3) is 2.39. The molecule has 3 aliphatic rings. The van der Waals surface area contributed by atoms with E-state index in [1.807, 2.05) is 16.7 Å². The van der Waals surface area contributed by atoms with Crippen molar-refractivity contribution in [1.29, 1.82) is 0 Å². The number of fused-ring (bicyclic) bond motifs is 1. The number of nitrogens with one attached hydrogen (secondary N) is 2. The maximum absolute atomic E-state index is 12.6. The number of nitrogens with zero attached hydrogens (tertiary/aromatic N) is 2. The number of piperazine rings is 1. The van der Waals surface area contributed by atoms with Gasteiger partial charge in [-0.2, -0.15) is 0 Å². The highest BCUT2D eigenvalue weighted by atomic mass is 35.5. The highest BCUT2D eigenvalue weighted by Gasteiger charge is 2.43. The average molecular weight is 289 g/mol. The topological polar surface area (TPSA) is 64.7 Å². The van der Waals surface area contributed by atoms with Crippen molar-refractivity contribution >= 4 is 24.3 Å². The van der Waals surface area contributed by atoms with Gasteiger partial charge in [-0.15, -0.1) is 12.4 Å². The fraction of sp³-hybridized carbons (Fsp3) is 0.833. The first-order chi connectivity index (χ1) is 8.60. The molecule has 7 heteroatoms. The lowest BCUT2D eigenvalue weighted by Crippen LogP contribution is -2.56. The number of carbonyl (C=O) groups excluding carboxylic acids is 2. The Morgan fingerprint density at radius 3 is 2.89 bits per heavy atom. The van der Waals surface area contributed by atoms with E-state index in [1.54, 1.807) is 0 Å². The van der Waals surface area contributed by atoms with Gasteiger partial charge in [0.05, 0.1) is 11.5 Å². The number of halogens is 1. The van der Waals surface area contributed by atoms with Crippen LogP contribution in [0.3, 0.4) is 0 Å². The van der Waals surface area contributed by atoms with Crippen LogP contribution in [0.4, 0.5) is 4.79 Å². The molecule has 2 N–H and O–H groups in total. The number of hydrogen-bond acceptors (Lipinski definition) is 3. The monoisotopic (exact) mass is 288 g/mol. The molecule has 0 radical (unpaired) electrons. The standard InChI is InChI=1S/C12H20N4O2.ClH/c1-12(2-3-13-8-12)10(17)15-4-5-16-9(7-15)6-14-11(16)18;/h9,13H,2-8H2,1H3,(H,14,18);1H. The molecule has 0 saturated carbocycles. The van der Waals surface area contributed by atoms with E-state index in [0.29, 0.717) is 26.2 Å². The molecule has 3 amide bonds. The van der Waals surface area contributed by atoms with Gasteiger partial charge in [0, 0.05) is 32.7 Å². The van der Waals surface area contributed by atoms with Gasteiger partial charge < -0.3 is 20.4 Å². The molecule has 6 nitrogen and oxygen atoms in total. The van der Waals surface area contributed by atoms with Crippen molar-refractivity contribution in [2.24, 2.45) is 5.41 Å². The van der Waals surface area contributed by atoms with Gasteiger partial charge in [0.15, 0.2) is 0 Å². The Morgan fingerprint density at radius 1 is 1.42 bits per heavy atom. The molecule has 0 bridgehead atoms. The lowest BCUT2D eigenvalue weighted by molar-refractivity contribution is -0.142. The summed E-state index contributed by atoms with van der Waals surface area (Å²) in [7, 11) is 0. The van der Waals surface area contributed by atoms with E-state index in [9.17, 15) is 9.59 Å². The first-order valence-corrected chi connectivity index (χ1v) is 6.65. The Morgan fingerprint density at radius 2 is 2.21 bits per heavy atom. The molecule has 3 heterocycles. The summed E-state index contributed by atoms with van der Waals surface area (Å²) in [4.78, 5) is 27.8. The normalized spacial score (nSPS) is 33.7. The Labute approximate surface area is 119 Å². The minimum absolute atomic E-state index is 0. The summed E-state index contributed by atoms with van der Waals surface area (Å²) < 4.78 is 0. The lowest BCUT2D eigenvalue weighted by Gasteiger charge is -2.39. The molecule has 0 aliphatic carbocycles. The van der Waals surface area contributed by atoms with Crippen molar-refractivity contribution in [1.82, 2.24) is 20.4 Å². The quantitative estimate of drug-likeness (QED) is 0.693. The van der Waals surface area contributed by atoms with Crippen molar-refractivity contribution in [2.45, 2.75) is 19.4 Å². The third-order valence-electron chi connectivity index (χ3n) is 4.40. The molecule has 3 fully saturated rings. The summed E-state index contributed by atoms with van der Waals surface area (Å²) in [5, 5.41) is 6.10. The van der Waals surface area contributed by atoms with Gasteiger partial charge in [-0.25, -0.2) is 4.79 Å². The number of amides is 3. The molecule has 0 aromatic carbocycles. The van der Waals surface area contributed by atoms with E-state index in [-0.39, 0.29) is 35.8 Å². The molecule has 0 aromatic rings. The van der Waals surface area contributed by atoms with Crippen LogP contribution in [0.2, 0.25) is 0 Å². The van der Waals surface area contributed by atoms with Crippen molar-refractivity contribution in [2.75, 3.05) is 39.3 Å². The Kier molecular flexibility index (Phi) is 3.92. The zero-order chi connectivity index (χ0) is 12.8. The van der Waals surface area contributed by atoms with E-state index in [1.165, 1.54) is 0 Å². The molecular weight excluding hydrogens is 268 g/mol. The van der Waals surface area contributed by atoms with Crippen LogP contribution < -0.4 is 10.6 Å².